The third kappa shape index (κ3) is 4.68. The summed E-state index contributed by atoms with van der Waals surface area (Å²) in [6, 6.07) is 0. The summed E-state index contributed by atoms with van der Waals surface area (Å²) in [7, 11) is 0. The van der Waals surface area contributed by atoms with Crippen molar-refractivity contribution in [3.8, 4) is 0 Å². The maximum Gasteiger partial charge on any atom is 0.246 e. The van der Waals surface area contributed by atoms with Gasteiger partial charge in [-0.05, 0) is 20.8 Å². The lowest BCUT2D eigenvalue weighted by atomic mass is 9.98. The zero-order valence-electron chi connectivity index (χ0n) is 14.4. The maximum atomic E-state index is 11.9. The van der Waals surface area contributed by atoms with Gasteiger partial charge in [-0.2, -0.15) is 5.10 Å². The maximum absolute atomic E-state index is 11.9. The Morgan fingerprint density at radius 1 is 1.30 bits per heavy atom. The molecule has 5 nitrogen and oxygen atoms in total. The summed E-state index contributed by atoms with van der Waals surface area (Å²) in [5, 5.41) is 8.03. The monoisotopic (exact) mass is 350 g/mol. The van der Waals surface area contributed by atoms with Crippen LogP contribution in [-0.2, 0) is 16.6 Å². The van der Waals surface area contributed by atoms with Crippen LogP contribution < -0.4 is 5.43 Å². The molecule has 2 aromatic rings. The SMILES string of the molecule is C/C(=N\NC(=O)Cc1nc(C)cs1)c1sc(C(C)(C)C)nc1C. The standard InChI is InChI=1S/C16H22N4OS2/c1-9-8-22-13(17-9)7-12(21)20-19-11(3)14-10(2)18-15(23-14)16(4,5)6/h8H,7H2,1-6H3,(H,20,21)/b19-11+. The summed E-state index contributed by atoms with van der Waals surface area (Å²) < 4.78 is 0. The minimum Gasteiger partial charge on any atom is -0.273 e. The lowest BCUT2D eigenvalue weighted by Crippen LogP contribution is -2.21. The number of carbonyl (C=O) groups is 1. The fraction of sp³-hybridized carbons (Fsp3) is 0.500. The van der Waals surface area contributed by atoms with Crippen molar-refractivity contribution in [1.29, 1.82) is 0 Å². The van der Waals surface area contributed by atoms with Crippen LogP contribution in [0.1, 0.15) is 54.0 Å². The molecule has 0 unspecified atom stereocenters. The number of aromatic nitrogens is 2. The average molecular weight is 351 g/mol. The van der Waals surface area contributed by atoms with Crippen molar-refractivity contribution in [3.05, 3.63) is 31.7 Å². The summed E-state index contributed by atoms with van der Waals surface area (Å²) in [6.45, 7) is 12.2. The Hall–Kier alpha value is -1.60. The van der Waals surface area contributed by atoms with E-state index >= 15 is 0 Å². The molecular weight excluding hydrogens is 328 g/mol. The van der Waals surface area contributed by atoms with E-state index in [0.717, 1.165) is 32.0 Å². The zero-order valence-corrected chi connectivity index (χ0v) is 16.0. The third-order valence-corrected chi connectivity index (χ3v) is 5.75. The molecule has 2 heterocycles. The number of carbonyl (C=O) groups excluding carboxylic acids is 1. The topological polar surface area (TPSA) is 67.2 Å². The Morgan fingerprint density at radius 3 is 2.52 bits per heavy atom. The van der Waals surface area contributed by atoms with E-state index in [9.17, 15) is 4.79 Å². The average Bonchev–Trinajstić information content (AvgIpc) is 3.02. The quantitative estimate of drug-likeness (QED) is 0.677. The highest BCUT2D eigenvalue weighted by molar-refractivity contribution is 7.14. The van der Waals surface area contributed by atoms with Crippen LogP contribution in [0.5, 0.6) is 0 Å². The number of hydrogen-bond acceptors (Lipinski definition) is 6. The van der Waals surface area contributed by atoms with Crippen LogP contribution in [0.4, 0.5) is 0 Å². The van der Waals surface area contributed by atoms with E-state index in [-0.39, 0.29) is 17.7 Å². The molecule has 23 heavy (non-hydrogen) atoms. The summed E-state index contributed by atoms with van der Waals surface area (Å²) in [5.41, 5.74) is 5.29. The molecule has 7 heteroatoms. The Labute approximate surface area is 144 Å². The molecule has 0 aliphatic rings. The van der Waals surface area contributed by atoms with Crippen molar-refractivity contribution >= 4 is 34.3 Å². The number of amides is 1. The van der Waals surface area contributed by atoms with Gasteiger partial charge in [0.1, 0.15) is 5.01 Å². The minimum absolute atomic E-state index is 0.0138. The van der Waals surface area contributed by atoms with Gasteiger partial charge in [-0.25, -0.2) is 15.4 Å². The van der Waals surface area contributed by atoms with Crippen LogP contribution in [0.25, 0.3) is 0 Å². The Kier molecular flexibility index (Phi) is 5.31. The lowest BCUT2D eigenvalue weighted by Gasteiger charge is -2.13. The van der Waals surface area contributed by atoms with Gasteiger partial charge in [0, 0.05) is 16.5 Å². The Morgan fingerprint density at radius 2 is 2.00 bits per heavy atom. The number of nitrogens with one attached hydrogen (secondary N) is 1. The van der Waals surface area contributed by atoms with Crippen molar-refractivity contribution < 1.29 is 4.79 Å². The van der Waals surface area contributed by atoms with E-state index in [1.807, 2.05) is 26.2 Å². The molecule has 0 aromatic carbocycles. The fourth-order valence-corrected chi connectivity index (χ4v) is 3.75. The van der Waals surface area contributed by atoms with E-state index in [1.165, 1.54) is 11.3 Å². The molecule has 2 aromatic heterocycles. The fourth-order valence-electron chi connectivity index (χ4n) is 1.91. The highest BCUT2D eigenvalue weighted by atomic mass is 32.1. The van der Waals surface area contributed by atoms with E-state index in [0.29, 0.717) is 0 Å². The van der Waals surface area contributed by atoms with E-state index in [4.69, 9.17) is 0 Å². The molecule has 124 valence electrons. The molecule has 0 bridgehead atoms. The first-order valence-corrected chi connectivity index (χ1v) is 9.09. The second-order valence-electron chi connectivity index (χ2n) is 6.48. The van der Waals surface area contributed by atoms with Crippen LogP contribution in [0.2, 0.25) is 0 Å². The number of hydrogen-bond donors (Lipinski definition) is 1. The van der Waals surface area contributed by atoms with Crippen LogP contribution in [0.15, 0.2) is 10.5 Å². The predicted octanol–water partition coefficient (Wildman–Crippen LogP) is 3.60. The van der Waals surface area contributed by atoms with Crippen molar-refractivity contribution in [1.82, 2.24) is 15.4 Å². The van der Waals surface area contributed by atoms with E-state index < -0.39 is 0 Å². The first kappa shape index (κ1) is 17.7. The highest BCUT2D eigenvalue weighted by Gasteiger charge is 2.21. The summed E-state index contributed by atoms with van der Waals surface area (Å²) in [5.74, 6) is -0.156. The van der Waals surface area contributed by atoms with Gasteiger partial charge in [-0.15, -0.1) is 22.7 Å². The van der Waals surface area contributed by atoms with Gasteiger partial charge in [-0.3, -0.25) is 4.79 Å². The summed E-state index contributed by atoms with van der Waals surface area (Å²) >= 11 is 3.12. The molecule has 0 aliphatic carbocycles. The van der Waals surface area contributed by atoms with Crippen molar-refractivity contribution in [2.75, 3.05) is 0 Å². The zero-order chi connectivity index (χ0) is 17.2. The molecule has 0 saturated carbocycles. The molecule has 1 N–H and O–H groups in total. The first-order chi connectivity index (χ1) is 10.7. The molecular formula is C16H22N4OS2. The second-order valence-corrected chi connectivity index (χ2v) is 8.42. The van der Waals surface area contributed by atoms with Gasteiger partial charge in [0.25, 0.3) is 0 Å². The first-order valence-electron chi connectivity index (χ1n) is 7.39. The number of rotatable bonds is 4. The van der Waals surface area contributed by atoms with Crippen LogP contribution in [-0.4, -0.2) is 21.6 Å². The van der Waals surface area contributed by atoms with Crippen molar-refractivity contribution in [3.63, 3.8) is 0 Å². The summed E-state index contributed by atoms with van der Waals surface area (Å²) in [4.78, 5) is 21.9. The normalized spacial score (nSPS) is 12.5. The molecule has 0 saturated heterocycles. The molecule has 0 aliphatic heterocycles. The summed E-state index contributed by atoms with van der Waals surface area (Å²) in [6.07, 6.45) is 0.254. The molecule has 0 fully saturated rings. The van der Waals surface area contributed by atoms with Gasteiger partial charge < -0.3 is 0 Å². The third-order valence-electron chi connectivity index (χ3n) is 3.09. The number of nitrogens with zero attached hydrogens (tertiary/aromatic N) is 3. The molecule has 0 spiro atoms. The van der Waals surface area contributed by atoms with E-state index in [2.05, 4.69) is 41.3 Å². The molecule has 2 rings (SSSR count). The molecule has 0 radical (unpaired) electrons. The van der Waals surface area contributed by atoms with E-state index in [1.54, 1.807) is 11.3 Å². The molecule has 1 amide bonds. The number of aryl methyl sites for hydroxylation is 2. The van der Waals surface area contributed by atoms with Gasteiger partial charge in [0.15, 0.2) is 0 Å². The number of hydrazone groups is 1. The Bertz CT molecular complexity index is 738. The van der Waals surface area contributed by atoms with Crippen LogP contribution >= 0.6 is 22.7 Å². The van der Waals surface area contributed by atoms with Crippen LogP contribution in [0, 0.1) is 13.8 Å². The second kappa shape index (κ2) is 6.88. The lowest BCUT2D eigenvalue weighted by molar-refractivity contribution is -0.120. The Balaban J connectivity index is 2.05. The van der Waals surface area contributed by atoms with Gasteiger partial charge in [0.2, 0.25) is 5.91 Å². The van der Waals surface area contributed by atoms with Crippen molar-refractivity contribution in [2.45, 2.75) is 53.4 Å². The van der Waals surface area contributed by atoms with Gasteiger partial charge >= 0.3 is 0 Å². The smallest absolute Gasteiger partial charge is 0.246 e. The van der Waals surface area contributed by atoms with Gasteiger partial charge in [-0.1, -0.05) is 20.8 Å². The van der Waals surface area contributed by atoms with Crippen molar-refractivity contribution in [2.24, 2.45) is 5.10 Å². The largest absolute Gasteiger partial charge is 0.273 e. The van der Waals surface area contributed by atoms with Gasteiger partial charge in [0.05, 0.1) is 27.7 Å². The molecule has 0 atom stereocenters. The minimum atomic E-state index is -0.156. The number of thiazole rings is 2. The highest BCUT2D eigenvalue weighted by Crippen LogP contribution is 2.29. The predicted molar refractivity (Wildman–Crippen MR) is 96.5 cm³/mol. The van der Waals surface area contributed by atoms with Crippen LogP contribution in [0.3, 0.4) is 0 Å².